The van der Waals surface area contributed by atoms with Crippen LogP contribution in [0.15, 0.2) is 42.5 Å². The van der Waals surface area contributed by atoms with Crippen molar-refractivity contribution in [3.05, 3.63) is 48.0 Å². The van der Waals surface area contributed by atoms with Crippen molar-refractivity contribution < 1.29 is 23.8 Å². The van der Waals surface area contributed by atoms with Gasteiger partial charge in [-0.3, -0.25) is 9.59 Å². The first-order valence-corrected chi connectivity index (χ1v) is 9.47. The van der Waals surface area contributed by atoms with E-state index < -0.39 is 5.41 Å². The molecule has 2 amide bonds. The summed E-state index contributed by atoms with van der Waals surface area (Å²) in [5.41, 5.74) is 0.633. The number of amides is 2. The van der Waals surface area contributed by atoms with E-state index in [2.05, 4.69) is 10.6 Å². The first-order valence-electron chi connectivity index (χ1n) is 9.47. The SMILES string of the molecule is COc1cccc(NC(=O)C2(C(=O)NCCc3ccc(OC)c(OC)c3)CC2)c1. The van der Waals surface area contributed by atoms with Gasteiger partial charge in [-0.25, -0.2) is 0 Å². The normalized spacial score (nSPS) is 13.9. The zero-order valence-corrected chi connectivity index (χ0v) is 16.9. The fraction of sp³-hybridized carbons (Fsp3) is 0.364. The summed E-state index contributed by atoms with van der Waals surface area (Å²) in [5, 5.41) is 5.72. The highest BCUT2D eigenvalue weighted by Gasteiger charge is 2.56. The second-order valence-corrected chi connectivity index (χ2v) is 6.96. The maximum atomic E-state index is 12.7. The van der Waals surface area contributed by atoms with E-state index in [1.165, 1.54) is 0 Å². The standard InChI is InChI=1S/C22H26N2O5/c1-27-17-6-4-5-16(14-17)24-21(26)22(10-11-22)20(25)23-12-9-15-7-8-18(28-2)19(13-15)29-3/h4-8,13-14H,9-12H2,1-3H3,(H,23,25)(H,24,26). The van der Waals surface area contributed by atoms with E-state index >= 15 is 0 Å². The maximum absolute atomic E-state index is 12.7. The highest BCUT2D eigenvalue weighted by molar-refractivity contribution is 6.13. The van der Waals surface area contributed by atoms with Gasteiger partial charge in [-0.2, -0.15) is 0 Å². The second kappa shape index (κ2) is 8.86. The molecule has 2 N–H and O–H groups in total. The molecule has 2 aromatic carbocycles. The Kier molecular flexibility index (Phi) is 6.26. The molecule has 2 aromatic rings. The van der Waals surface area contributed by atoms with E-state index in [0.717, 1.165) is 5.56 Å². The predicted molar refractivity (Wildman–Crippen MR) is 110 cm³/mol. The van der Waals surface area contributed by atoms with E-state index in [1.54, 1.807) is 45.6 Å². The third-order valence-electron chi connectivity index (χ3n) is 5.09. The average molecular weight is 398 g/mol. The third-order valence-corrected chi connectivity index (χ3v) is 5.09. The highest BCUT2D eigenvalue weighted by atomic mass is 16.5. The summed E-state index contributed by atoms with van der Waals surface area (Å²) in [6.07, 6.45) is 1.72. The number of hydrogen-bond acceptors (Lipinski definition) is 5. The van der Waals surface area contributed by atoms with Crippen LogP contribution < -0.4 is 24.8 Å². The summed E-state index contributed by atoms with van der Waals surface area (Å²) in [6, 6.07) is 12.7. The molecule has 1 aliphatic rings. The Balaban J connectivity index is 1.55. The van der Waals surface area contributed by atoms with Crippen LogP contribution in [-0.2, 0) is 16.0 Å². The Morgan fingerprint density at radius 1 is 0.931 bits per heavy atom. The third kappa shape index (κ3) is 4.62. The summed E-state index contributed by atoms with van der Waals surface area (Å²) in [7, 11) is 4.74. The molecule has 3 rings (SSSR count). The number of ether oxygens (including phenoxy) is 3. The van der Waals surface area contributed by atoms with Gasteiger partial charge in [0.25, 0.3) is 0 Å². The Labute approximate surface area is 170 Å². The van der Waals surface area contributed by atoms with Crippen molar-refractivity contribution in [2.24, 2.45) is 5.41 Å². The molecule has 0 heterocycles. The first kappa shape index (κ1) is 20.5. The van der Waals surface area contributed by atoms with Crippen molar-refractivity contribution in [2.75, 3.05) is 33.2 Å². The Hall–Kier alpha value is -3.22. The lowest BCUT2D eigenvalue weighted by Gasteiger charge is -2.16. The van der Waals surface area contributed by atoms with E-state index in [4.69, 9.17) is 14.2 Å². The van der Waals surface area contributed by atoms with Crippen LogP contribution in [0.3, 0.4) is 0 Å². The summed E-state index contributed by atoms with van der Waals surface area (Å²) in [4.78, 5) is 25.3. The van der Waals surface area contributed by atoms with Crippen LogP contribution in [0.5, 0.6) is 17.2 Å². The number of nitrogens with one attached hydrogen (secondary N) is 2. The lowest BCUT2D eigenvalue weighted by atomic mass is 10.0. The van der Waals surface area contributed by atoms with Gasteiger partial charge in [0.1, 0.15) is 11.2 Å². The fourth-order valence-electron chi connectivity index (χ4n) is 3.16. The number of hydrogen-bond donors (Lipinski definition) is 2. The van der Waals surface area contributed by atoms with Gasteiger partial charge in [0.15, 0.2) is 11.5 Å². The first-order chi connectivity index (χ1) is 14.0. The summed E-state index contributed by atoms with van der Waals surface area (Å²) >= 11 is 0. The fourth-order valence-corrected chi connectivity index (χ4v) is 3.16. The topological polar surface area (TPSA) is 85.9 Å². The number of carbonyl (C=O) groups is 2. The second-order valence-electron chi connectivity index (χ2n) is 6.96. The average Bonchev–Trinajstić information content (AvgIpc) is 3.56. The maximum Gasteiger partial charge on any atom is 0.240 e. The lowest BCUT2D eigenvalue weighted by Crippen LogP contribution is -2.40. The van der Waals surface area contributed by atoms with E-state index in [9.17, 15) is 9.59 Å². The Morgan fingerprint density at radius 3 is 2.34 bits per heavy atom. The van der Waals surface area contributed by atoms with Crippen LogP contribution in [0.4, 0.5) is 5.69 Å². The summed E-state index contributed by atoms with van der Waals surface area (Å²) in [6.45, 7) is 0.433. The van der Waals surface area contributed by atoms with Crippen molar-refractivity contribution in [1.82, 2.24) is 5.32 Å². The number of carbonyl (C=O) groups excluding carboxylic acids is 2. The van der Waals surface area contributed by atoms with E-state index in [-0.39, 0.29) is 11.8 Å². The minimum atomic E-state index is -0.985. The van der Waals surface area contributed by atoms with Crippen LogP contribution >= 0.6 is 0 Å². The van der Waals surface area contributed by atoms with Crippen LogP contribution in [-0.4, -0.2) is 39.7 Å². The zero-order valence-electron chi connectivity index (χ0n) is 16.9. The van der Waals surface area contributed by atoms with Crippen LogP contribution in [0.25, 0.3) is 0 Å². The number of anilines is 1. The van der Waals surface area contributed by atoms with Crippen LogP contribution in [0.2, 0.25) is 0 Å². The molecule has 0 aliphatic heterocycles. The van der Waals surface area contributed by atoms with Crippen molar-refractivity contribution in [3.8, 4) is 17.2 Å². The van der Waals surface area contributed by atoms with E-state index in [1.807, 2.05) is 18.2 Å². The molecule has 0 atom stereocenters. The van der Waals surface area contributed by atoms with Crippen LogP contribution in [0.1, 0.15) is 18.4 Å². The smallest absolute Gasteiger partial charge is 0.240 e. The number of rotatable bonds is 9. The molecule has 1 fully saturated rings. The molecule has 0 saturated heterocycles. The molecule has 7 nitrogen and oxygen atoms in total. The van der Waals surface area contributed by atoms with Crippen molar-refractivity contribution in [1.29, 1.82) is 0 Å². The summed E-state index contributed by atoms with van der Waals surface area (Å²) < 4.78 is 15.7. The van der Waals surface area contributed by atoms with Crippen molar-refractivity contribution in [3.63, 3.8) is 0 Å². The minimum Gasteiger partial charge on any atom is -0.497 e. The quantitative estimate of drug-likeness (QED) is 0.635. The van der Waals surface area contributed by atoms with Crippen molar-refractivity contribution in [2.45, 2.75) is 19.3 Å². The molecule has 7 heteroatoms. The Morgan fingerprint density at radius 2 is 1.69 bits per heavy atom. The lowest BCUT2D eigenvalue weighted by molar-refractivity contribution is -0.134. The monoisotopic (exact) mass is 398 g/mol. The predicted octanol–water partition coefficient (Wildman–Crippen LogP) is 2.79. The number of benzene rings is 2. The van der Waals surface area contributed by atoms with E-state index in [0.29, 0.717) is 48.7 Å². The molecule has 1 saturated carbocycles. The van der Waals surface area contributed by atoms with Gasteiger partial charge in [-0.15, -0.1) is 0 Å². The Bertz CT molecular complexity index is 893. The molecule has 0 unspecified atom stereocenters. The van der Waals surface area contributed by atoms with Gasteiger partial charge in [-0.05, 0) is 49.1 Å². The summed E-state index contributed by atoms with van der Waals surface area (Å²) in [5.74, 6) is 1.43. The molecule has 0 aromatic heterocycles. The van der Waals surface area contributed by atoms with Gasteiger partial charge in [0.05, 0.1) is 21.3 Å². The molecule has 154 valence electrons. The minimum absolute atomic E-state index is 0.238. The van der Waals surface area contributed by atoms with Gasteiger partial charge in [0, 0.05) is 18.3 Å². The molecule has 29 heavy (non-hydrogen) atoms. The molecule has 0 bridgehead atoms. The molecular weight excluding hydrogens is 372 g/mol. The van der Waals surface area contributed by atoms with Gasteiger partial charge < -0.3 is 24.8 Å². The van der Waals surface area contributed by atoms with Gasteiger partial charge in [-0.1, -0.05) is 12.1 Å². The molecule has 0 spiro atoms. The van der Waals surface area contributed by atoms with Crippen LogP contribution in [0, 0.1) is 5.41 Å². The largest absolute Gasteiger partial charge is 0.497 e. The zero-order chi connectivity index (χ0) is 20.9. The van der Waals surface area contributed by atoms with Crippen molar-refractivity contribution >= 4 is 17.5 Å². The molecule has 1 aliphatic carbocycles. The molecular formula is C22H26N2O5. The number of methoxy groups -OCH3 is 3. The van der Waals surface area contributed by atoms with Gasteiger partial charge >= 0.3 is 0 Å². The molecule has 0 radical (unpaired) electrons. The van der Waals surface area contributed by atoms with Gasteiger partial charge in [0.2, 0.25) is 11.8 Å². The highest BCUT2D eigenvalue weighted by Crippen LogP contribution is 2.47.